The van der Waals surface area contributed by atoms with Crippen LogP contribution in [0.5, 0.6) is 0 Å². The van der Waals surface area contributed by atoms with Crippen LogP contribution in [0.3, 0.4) is 0 Å². The molecule has 6 heavy (non-hydrogen) atoms. The van der Waals surface area contributed by atoms with Crippen molar-refractivity contribution in [1.29, 1.82) is 0 Å². The Hall–Kier alpha value is 4.09. The summed E-state index contributed by atoms with van der Waals surface area (Å²) < 4.78 is 8.38. The molecule has 0 rings (SSSR count). The van der Waals surface area contributed by atoms with E-state index in [4.69, 9.17) is 3.57 Å². The summed E-state index contributed by atoms with van der Waals surface area (Å²) in [6, 6.07) is 0. The molecule has 0 fully saturated rings. The molecule has 0 aliphatic rings. The molecule has 0 spiro atoms. The molecule has 0 bridgehead atoms. The van der Waals surface area contributed by atoms with Gasteiger partial charge in [-0.25, -0.2) is 0 Å². The van der Waals surface area contributed by atoms with Crippen LogP contribution in [0.25, 0.3) is 0 Å². The van der Waals surface area contributed by atoms with Crippen LogP contribution in [0, 0.1) is 0 Å². The van der Waals surface area contributed by atoms with Crippen LogP contribution in [-0.2, 0) is 58.4 Å². The smallest absolute Gasteiger partial charge is 0 e. The van der Waals surface area contributed by atoms with Gasteiger partial charge in [0, 0.05) is 36.5 Å². The summed E-state index contributed by atoms with van der Waals surface area (Å²) >= 11 is 0.125. The molecule has 0 N–H and O–H groups in total. The van der Waals surface area contributed by atoms with Gasteiger partial charge in [0.05, 0.1) is 0 Å². The second-order valence-corrected chi connectivity index (χ2v) is 0. The minimum Gasteiger partial charge on any atom is 0 e. The molecule has 1 radical (unpaired) electrons. The fourth-order valence-corrected chi connectivity index (χ4v) is 0. The quantitative estimate of drug-likeness (QED) is 0.473. The Kier molecular flexibility index (Phi) is 191. The average molecular weight is 286 g/mol. The third-order valence-corrected chi connectivity index (χ3v) is 0. The monoisotopic (exact) mass is 283 g/mol. The van der Waals surface area contributed by atoms with Gasteiger partial charge in [-0.2, -0.15) is 0 Å². The normalized spacial score (nSPS) is 1.00. The predicted molar refractivity (Wildman–Crippen MR) is 17.8 cm³/mol. The Morgan fingerprint density at radius 1 is 1.00 bits per heavy atom. The van der Waals surface area contributed by atoms with Gasteiger partial charge < -0.3 is 0 Å². The fourth-order valence-electron chi connectivity index (χ4n) is 0. The predicted octanol–water partition coefficient (Wildman–Crippen LogP) is -1.96. The van der Waals surface area contributed by atoms with Crippen LogP contribution in [0.2, 0.25) is 0 Å². The van der Waals surface area contributed by atoms with E-state index in [0.29, 0.717) is 0 Å². The molecular formula is H4Ca2MnOZn2. The van der Waals surface area contributed by atoms with Gasteiger partial charge in [-0.3, -0.25) is 0 Å². The van der Waals surface area contributed by atoms with E-state index in [1.807, 2.05) is 0 Å². The number of rotatable bonds is 0. The van der Waals surface area contributed by atoms with Crippen molar-refractivity contribution in [3.8, 4) is 0 Å². The number of hydrogen-bond acceptors (Lipinski definition) is 1. The largest absolute Gasteiger partial charge is 0 e. The summed E-state index contributed by atoms with van der Waals surface area (Å²) in [6.07, 6.45) is 0. The van der Waals surface area contributed by atoms with E-state index in [1.54, 1.807) is 0 Å². The SMILES string of the molecule is [CaH2].[CaH2].[Mn].[O]=[Zn].[Zn]. The van der Waals surface area contributed by atoms with Crippen molar-refractivity contribution in [3.05, 3.63) is 0 Å². The first-order chi connectivity index (χ1) is 1.00. The van der Waals surface area contributed by atoms with Crippen molar-refractivity contribution >= 4 is 75.5 Å². The molecule has 0 atom stereocenters. The Balaban J connectivity index is -0.000000000833. The Labute approximate surface area is 130 Å². The summed E-state index contributed by atoms with van der Waals surface area (Å²) in [6.45, 7) is 0. The second kappa shape index (κ2) is 35.6. The number of hydrogen-bond donors (Lipinski definition) is 0. The van der Waals surface area contributed by atoms with E-state index in [1.165, 1.54) is 0 Å². The molecule has 0 saturated carbocycles. The van der Waals surface area contributed by atoms with Gasteiger partial charge in [0.15, 0.2) is 0 Å². The Morgan fingerprint density at radius 3 is 1.00 bits per heavy atom. The summed E-state index contributed by atoms with van der Waals surface area (Å²) in [4.78, 5) is 0. The average Bonchev–Trinajstić information content (AvgIpc) is 1.00. The van der Waals surface area contributed by atoms with Crippen LogP contribution in [0.1, 0.15) is 0 Å². The maximum absolute atomic E-state index is 8.38. The van der Waals surface area contributed by atoms with Gasteiger partial charge in [0.1, 0.15) is 0 Å². The molecule has 1 nitrogen and oxygen atoms in total. The maximum atomic E-state index is 8.38. The molecule has 6 heteroatoms. The van der Waals surface area contributed by atoms with Crippen LogP contribution in [0.15, 0.2) is 0 Å². The van der Waals surface area contributed by atoms with E-state index in [0.717, 1.165) is 0 Å². The van der Waals surface area contributed by atoms with Gasteiger partial charge in [-0.05, 0) is 0 Å². The van der Waals surface area contributed by atoms with Gasteiger partial charge in [-0.15, -0.1) is 0 Å². The molecule has 0 aromatic rings. The molecule has 0 aliphatic heterocycles. The van der Waals surface area contributed by atoms with Crippen molar-refractivity contribution in [3.63, 3.8) is 0 Å². The van der Waals surface area contributed by atoms with Crippen LogP contribution in [0.4, 0.5) is 0 Å². The first-order valence-corrected chi connectivity index (χ1v) is 1.50. The summed E-state index contributed by atoms with van der Waals surface area (Å²) in [7, 11) is 0. The van der Waals surface area contributed by atoms with E-state index in [9.17, 15) is 0 Å². The molecule has 0 unspecified atom stereocenters. The molecule has 25 valence electrons. The summed E-state index contributed by atoms with van der Waals surface area (Å²) in [5.41, 5.74) is 0. The van der Waals surface area contributed by atoms with Crippen molar-refractivity contribution in [2.24, 2.45) is 0 Å². The van der Waals surface area contributed by atoms with Gasteiger partial charge in [-0.1, -0.05) is 0 Å². The Bertz CT molecular complexity index is 11.5. The molecular weight excluding hydrogens is 282 g/mol. The van der Waals surface area contributed by atoms with Crippen molar-refractivity contribution in [2.75, 3.05) is 0 Å². The van der Waals surface area contributed by atoms with Crippen molar-refractivity contribution in [2.45, 2.75) is 0 Å². The van der Waals surface area contributed by atoms with Gasteiger partial charge >= 0.3 is 97.3 Å². The molecule has 0 aromatic heterocycles. The minimum absolute atomic E-state index is 0. The van der Waals surface area contributed by atoms with Crippen molar-refractivity contribution in [1.82, 2.24) is 0 Å². The summed E-state index contributed by atoms with van der Waals surface area (Å²) in [5.74, 6) is 0. The molecule has 0 heterocycles. The van der Waals surface area contributed by atoms with Gasteiger partial charge in [0.25, 0.3) is 0 Å². The third-order valence-electron chi connectivity index (χ3n) is 0. The zero-order valence-electron chi connectivity index (χ0n) is 2.20. The van der Waals surface area contributed by atoms with Crippen LogP contribution >= 0.6 is 0 Å². The van der Waals surface area contributed by atoms with Gasteiger partial charge in [0.2, 0.25) is 0 Å². The topological polar surface area (TPSA) is 17.1 Å². The minimum atomic E-state index is 0. The van der Waals surface area contributed by atoms with E-state index >= 15 is 0 Å². The molecule has 0 aliphatic carbocycles. The van der Waals surface area contributed by atoms with E-state index < -0.39 is 0 Å². The van der Waals surface area contributed by atoms with Crippen molar-refractivity contribution < 1.29 is 58.4 Å². The molecule has 0 aromatic carbocycles. The first kappa shape index (κ1) is 32.2. The standard InChI is InChI=1S/2Ca.Mn.O.2Zn.4H. The molecule has 0 amide bonds. The zero-order valence-corrected chi connectivity index (χ0v) is 9.32. The molecule has 0 saturated heterocycles. The third kappa shape index (κ3) is 24.3. The van der Waals surface area contributed by atoms with E-state index in [2.05, 4.69) is 0 Å². The van der Waals surface area contributed by atoms with Crippen LogP contribution < -0.4 is 0 Å². The second-order valence-electron chi connectivity index (χ2n) is 0. The van der Waals surface area contributed by atoms with Crippen LogP contribution in [-0.4, -0.2) is 75.5 Å². The zero-order chi connectivity index (χ0) is 2.00. The summed E-state index contributed by atoms with van der Waals surface area (Å²) in [5, 5.41) is 0. The van der Waals surface area contributed by atoms with E-state index in [-0.39, 0.29) is 130 Å². The maximum Gasteiger partial charge on any atom is 0 e. The fraction of sp³-hybridized carbons (Fsp3) is 0. The Morgan fingerprint density at radius 2 is 1.00 bits per heavy atom. The first-order valence-electron chi connectivity index (χ1n) is 0.289.